The molecule has 0 saturated heterocycles. The molecule has 0 aromatic heterocycles. The van der Waals surface area contributed by atoms with Crippen molar-refractivity contribution in [2.45, 2.75) is 0 Å². The van der Waals surface area contributed by atoms with E-state index in [1.807, 2.05) is 0 Å². The molecule has 98 valence electrons. The summed E-state index contributed by atoms with van der Waals surface area (Å²) >= 11 is 11.2. The van der Waals surface area contributed by atoms with E-state index < -0.39 is 0 Å². The van der Waals surface area contributed by atoms with Crippen LogP contribution in [0.2, 0.25) is 10.0 Å². The molecule has 1 N–H and O–H groups in total. The summed E-state index contributed by atoms with van der Waals surface area (Å²) < 4.78 is 0. The summed E-state index contributed by atoms with van der Waals surface area (Å²) in [5.74, 6) is 0.0347. The van der Waals surface area contributed by atoms with E-state index in [2.05, 4.69) is 0 Å². The number of rotatable bonds is 2. The van der Waals surface area contributed by atoms with Crippen LogP contribution in [-0.2, 0) is 0 Å². The number of carbonyl (C=O) groups is 2. The number of para-hydroxylation sites is 1. The fourth-order valence-corrected chi connectivity index (χ4v) is 1.53. The van der Waals surface area contributed by atoms with E-state index in [-0.39, 0.29) is 5.75 Å². The SMILES string of the molecule is O=Cc1cc(Cl)ccc1Cl.O=Cc1ccccc1O. The van der Waals surface area contributed by atoms with Gasteiger partial charge in [0.15, 0.2) is 12.6 Å². The highest BCUT2D eigenvalue weighted by Gasteiger charge is 1.97. The highest BCUT2D eigenvalue weighted by molar-refractivity contribution is 6.34. The van der Waals surface area contributed by atoms with Crippen LogP contribution in [0.15, 0.2) is 42.5 Å². The molecule has 0 bridgehead atoms. The Hall–Kier alpha value is -1.84. The smallest absolute Gasteiger partial charge is 0.153 e. The molecule has 0 amide bonds. The van der Waals surface area contributed by atoms with Crippen LogP contribution >= 0.6 is 23.2 Å². The molecular weight excluding hydrogens is 287 g/mol. The van der Waals surface area contributed by atoms with Gasteiger partial charge in [0, 0.05) is 10.6 Å². The Morgan fingerprint density at radius 2 is 1.53 bits per heavy atom. The largest absolute Gasteiger partial charge is 0.507 e. The number of halogens is 2. The Labute approximate surface area is 120 Å². The van der Waals surface area contributed by atoms with Crippen LogP contribution in [0.3, 0.4) is 0 Å². The van der Waals surface area contributed by atoms with Gasteiger partial charge in [-0.3, -0.25) is 9.59 Å². The first-order valence-corrected chi connectivity index (χ1v) is 5.97. The van der Waals surface area contributed by atoms with Gasteiger partial charge in [0.25, 0.3) is 0 Å². The van der Waals surface area contributed by atoms with Crippen LogP contribution < -0.4 is 0 Å². The van der Waals surface area contributed by atoms with Crippen LogP contribution in [-0.4, -0.2) is 17.7 Å². The Balaban J connectivity index is 0.000000191. The van der Waals surface area contributed by atoms with Crippen molar-refractivity contribution >= 4 is 35.8 Å². The number of aromatic hydroxyl groups is 1. The number of benzene rings is 2. The summed E-state index contributed by atoms with van der Waals surface area (Å²) in [6, 6.07) is 11.2. The molecule has 2 aromatic rings. The minimum atomic E-state index is 0.0347. The second-order valence-electron chi connectivity index (χ2n) is 3.46. The highest BCUT2D eigenvalue weighted by Crippen LogP contribution is 2.18. The molecule has 0 aliphatic heterocycles. The standard InChI is InChI=1S/C7H4Cl2O.C7H6O2/c8-6-1-2-7(9)5(3-6)4-10;8-5-6-3-1-2-4-7(6)9/h1-4H;1-5,9H. The molecule has 0 aliphatic carbocycles. The van der Waals surface area contributed by atoms with Crippen LogP contribution in [0, 0.1) is 0 Å². The van der Waals surface area contributed by atoms with E-state index in [4.69, 9.17) is 28.3 Å². The zero-order chi connectivity index (χ0) is 14.3. The Kier molecular flexibility index (Phi) is 6.06. The van der Waals surface area contributed by atoms with Gasteiger partial charge >= 0.3 is 0 Å². The van der Waals surface area contributed by atoms with Gasteiger partial charge in [-0.1, -0.05) is 35.3 Å². The minimum absolute atomic E-state index is 0.0347. The summed E-state index contributed by atoms with van der Waals surface area (Å²) in [7, 11) is 0. The van der Waals surface area contributed by atoms with Crippen LogP contribution in [0.4, 0.5) is 0 Å². The lowest BCUT2D eigenvalue weighted by Gasteiger charge is -1.93. The average Bonchev–Trinajstić information content (AvgIpc) is 2.43. The third-order valence-corrected chi connectivity index (χ3v) is 2.73. The Morgan fingerprint density at radius 3 is 2.00 bits per heavy atom. The van der Waals surface area contributed by atoms with Crippen molar-refractivity contribution in [3.05, 3.63) is 63.6 Å². The van der Waals surface area contributed by atoms with Gasteiger partial charge < -0.3 is 5.11 Å². The maximum atomic E-state index is 10.2. The van der Waals surface area contributed by atoms with Gasteiger partial charge in [-0.25, -0.2) is 0 Å². The number of carbonyl (C=O) groups excluding carboxylic acids is 2. The quantitative estimate of drug-likeness (QED) is 0.852. The van der Waals surface area contributed by atoms with E-state index >= 15 is 0 Å². The van der Waals surface area contributed by atoms with E-state index in [1.54, 1.807) is 30.3 Å². The summed E-state index contributed by atoms with van der Waals surface area (Å²) in [4.78, 5) is 20.3. The van der Waals surface area contributed by atoms with Gasteiger partial charge in [-0.15, -0.1) is 0 Å². The number of aldehydes is 2. The third-order valence-electron chi connectivity index (χ3n) is 2.15. The molecule has 0 spiro atoms. The number of hydrogen-bond donors (Lipinski definition) is 1. The summed E-state index contributed by atoms with van der Waals surface area (Å²) in [6.07, 6.45) is 1.30. The molecule has 2 aromatic carbocycles. The van der Waals surface area contributed by atoms with Gasteiger partial charge in [-0.2, -0.15) is 0 Å². The number of phenols is 1. The van der Waals surface area contributed by atoms with Crippen molar-refractivity contribution in [2.75, 3.05) is 0 Å². The summed E-state index contributed by atoms with van der Waals surface area (Å²) in [5, 5.41) is 9.83. The van der Waals surface area contributed by atoms with Crippen LogP contribution in [0.5, 0.6) is 5.75 Å². The fourth-order valence-electron chi connectivity index (χ4n) is 1.19. The maximum absolute atomic E-state index is 10.2. The van der Waals surface area contributed by atoms with E-state index in [9.17, 15) is 9.59 Å². The zero-order valence-electron chi connectivity index (χ0n) is 9.72. The summed E-state index contributed by atoms with van der Waals surface area (Å²) in [5.41, 5.74) is 0.756. The van der Waals surface area contributed by atoms with Crippen molar-refractivity contribution in [3.63, 3.8) is 0 Å². The van der Waals surface area contributed by atoms with Crippen molar-refractivity contribution in [2.24, 2.45) is 0 Å². The monoisotopic (exact) mass is 296 g/mol. The normalized spacial score (nSPS) is 9.16. The average molecular weight is 297 g/mol. The van der Waals surface area contributed by atoms with Crippen molar-refractivity contribution < 1.29 is 14.7 Å². The molecule has 0 heterocycles. The highest BCUT2D eigenvalue weighted by atomic mass is 35.5. The molecule has 0 atom stereocenters. The molecular formula is C14H10Cl2O3. The second-order valence-corrected chi connectivity index (χ2v) is 4.30. The minimum Gasteiger partial charge on any atom is -0.507 e. The molecule has 0 fully saturated rings. The first kappa shape index (κ1) is 15.2. The topological polar surface area (TPSA) is 54.4 Å². The molecule has 19 heavy (non-hydrogen) atoms. The molecule has 5 heteroatoms. The predicted molar refractivity (Wildman–Crippen MR) is 75.3 cm³/mol. The first-order valence-electron chi connectivity index (χ1n) is 5.22. The van der Waals surface area contributed by atoms with E-state index in [0.29, 0.717) is 33.7 Å². The molecule has 0 saturated carbocycles. The van der Waals surface area contributed by atoms with Crippen molar-refractivity contribution in [3.8, 4) is 5.75 Å². The molecule has 3 nitrogen and oxygen atoms in total. The van der Waals surface area contributed by atoms with Crippen LogP contribution in [0.1, 0.15) is 20.7 Å². The Bertz CT molecular complexity index is 583. The second kappa shape index (κ2) is 7.56. The molecule has 0 radical (unpaired) electrons. The summed E-state index contributed by atoms with van der Waals surface area (Å²) in [6.45, 7) is 0. The van der Waals surface area contributed by atoms with Crippen molar-refractivity contribution in [1.29, 1.82) is 0 Å². The number of phenolic OH excluding ortho intramolecular Hbond substituents is 1. The predicted octanol–water partition coefficient (Wildman–Crippen LogP) is 4.01. The lowest BCUT2D eigenvalue weighted by molar-refractivity contribution is 0.111. The zero-order valence-corrected chi connectivity index (χ0v) is 11.2. The van der Waals surface area contributed by atoms with Gasteiger partial charge in [0.1, 0.15) is 5.75 Å². The van der Waals surface area contributed by atoms with Gasteiger partial charge in [0.05, 0.1) is 10.6 Å². The first-order chi connectivity index (χ1) is 9.08. The van der Waals surface area contributed by atoms with Gasteiger partial charge in [-0.05, 0) is 30.3 Å². The van der Waals surface area contributed by atoms with Crippen LogP contribution in [0.25, 0.3) is 0 Å². The molecule has 2 rings (SSSR count). The van der Waals surface area contributed by atoms with Gasteiger partial charge in [0.2, 0.25) is 0 Å². The maximum Gasteiger partial charge on any atom is 0.153 e. The van der Waals surface area contributed by atoms with E-state index in [0.717, 1.165) is 0 Å². The lowest BCUT2D eigenvalue weighted by atomic mass is 10.2. The molecule has 0 aliphatic rings. The third kappa shape index (κ3) is 4.73. The molecule has 0 unspecified atom stereocenters. The Morgan fingerprint density at radius 1 is 0.895 bits per heavy atom. The van der Waals surface area contributed by atoms with E-state index in [1.165, 1.54) is 12.1 Å². The fraction of sp³-hybridized carbons (Fsp3) is 0. The lowest BCUT2D eigenvalue weighted by Crippen LogP contribution is -1.79. The number of hydrogen-bond acceptors (Lipinski definition) is 3. The van der Waals surface area contributed by atoms with Crippen molar-refractivity contribution in [1.82, 2.24) is 0 Å².